The van der Waals surface area contributed by atoms with Gasteiger partial charge >= 0.3 is 0 Å². The van der Waals surface area contributed by atoms with Crippen molar-refractivity contribution in [3.05, 3.63) is 29.8 Å². The summed E-state index contributed by atoms with van der Waals surface area (Å²) in [6.07, 6.45) is -0.274. The number of hydrogen-bond donors (Lipinski definition) is 1. The van der Waals surface area contributed by atoms with E-state index in [9.17, 15) is 5.11 Å². The molecule has 0 radical (unpaired) electrons. The lowest BCUT2D eigenvalue weighted by Crippen LogP contribution is -2.35. The Morgan fingerprint density at radius 2 is 2.00 bits per heavy atom. The van der Waals surface area contributed by atoms with Gasteiger partial charge in [-0.1, -0.05) is 12.1 Å². The molecule has 1 aromatic carbocycles. The average molecular weight is 210 g/mol. The molecule has 84 valence electrons. The fourth-order valence-electron chi connectivity index (χ4n) is 1.40. The summed E-state index contributed by atoms with van der Waals surface area (Å²) < 4.78 is 10.3. The molecule has 15 heavy (non-hydrogen) atoms. The number of hydrogen-bond acceptors (Lipinski definition) is 3. The quantitative estimate of drug-likeness (QED) is 0.825. The van der Waals surface area contributed by atoms with Crippen LogP contribution in [0, 0.1) is 0 Å². The Morgan fingerprint density at radius 3 is 2.53 bits per heavy atom. The molecule has 0 aliphatic rings. The summed E-state index contributed by atoms with van der Waals surface area (Å²) in [6, 6.07) is 7.37. The number of methoxy groups -OCH3 is 2. The molecule has 0 aliphatic heterocycles. The molecule has 0 fully saturated rings. The molecule has 0 bridgehead atoms. The predicted octanol–water partition coefficient (Wildman–Crippen LogP) is 1.94. The van der Waals surface area contributed by atoms with Crippen LogP contribution in [0.4, 0.5) is 0 Å². The first kappa shape index (κ1) is 12.0. The highest BCUT2D eigenvalue weighted by atomic mass is 16.5. The highest BCUT2D eigenvalue weighted by Gasteiger charge is 2.30. The molecule has 0 heterocycles. The molecule has 1 aromatic rings. The molecule has 3 nitrogen and oxygen atoms in total. The van der Waals surface area contributed by atoms with Gasteiger partial charge in [0.1, 0.15) is 11.4 Å². The Morgan fingerprint density at radius 1 is 1.33 bits per heavy atom. The third kappa shape index (κ3) is 2.49. The van der Waals surface area contributed by atoms with E-state index in [4.69, 9.17) is 9.47 Å². The summed E-state index contributed by atoms with van der Waals surface area (Å²) in [5, 5.41) is 10.3. The Bertz CT molecular complexity index is 320. The zero-order chi connectivity index (χ0) is 11.5. The van der Waals surface area contributed by atoms with Gasteiger partial charge in [0.05, 0.1) is 13.2 Å². The van der Waals surface area contributed by atoms with E-state index in [-0.39, 0.29) is 6.10 Å². The first-order valence-electron chi connectivity index (χ1n) is 4.92. The molecule has 0 spiro atoms. The summed E-state index contributed by atoms with van der Waals surface area (Å²) in [4.78, 5) is 0. The summed E-state index contributed by atoms with van der Waals surface area (Å²) in [6.45, 7) is 3.56. The van der Waals surface area contributed by atoms with E-state index < -0.39 is 5.60 Å². The van der Waals surface area contributed by atoms with Gasteiger partial charge in [-0.2, -0.15) is 0 Å². The number of benzene rings is 1. The second-order valence-corrected chi connectivity index (χ2v) is 3.76. The minimum absolute atomic E-state index is 0.274. The zero-order valence-electron chi connectivity index (χ0n) is 9.65. The molecule has 0 aromatic heterocycles. The molecule has 2 unspecified atom stereocenters. The highest BCUT2D eigenvalue weighted by Crippen LogP contribution is 2.28. The van der Waals surface area contributed by atoms with E-state index in [0.29, 0.717) is 0 Å². The summed E-state index contributed by atoms with van der Waals surface area (Å²) in [5.74, 6) is 0.732. The molecule has 0 amide bonds. The van der Waals surface area contributed by atoms with Crippen LogP contribution >= 0.6 is 0 Å². The van der Waals surface area contributed by atoms with Crippen LogP contribution in [-0.4, -0.2) is 25.4 Å². The Labute approximate surface area is 90.6 Å². The summed E-state index contributed by atoms with van der Waals surface area (Å²) >= 11 is 0. The third-order valence-electron chi connectivity index (χ3n) is 2.80. The number of aliphatic hydroxyl groups is 1. The first-order chi connectivity index (χ1) is 7.02. The van der Waals surface area contributed by atoms with E-state index in [1.807, 2.05) is 31.2 Å². The molecular formula is C12H18O3. The zero-order valence-corrected chi connectivity index (χ0v) is 9.65. The minimum atomic E-state index is -1.01. The van der Waals surface area contributed by atoms with Crippen molar-refractivity contribution in [2.75, 3.05) is 14.2 Å². The maximum Gasteiger partial charge on any atom is 0.119 e. The van der Waals surface area contributed by atoms with Crippen molar-refractivity contribution in [1.82, 2.24) is 0 Å². The van der Waals surface area contributed by atoms with Crippen LogP contribution in [0.1, 0.15) is 19.4 Å². The summed E-state index contributed by atoms with van der Waals surface area (Å²) in [7, 11) is 3.19. The molecule has 0 aliphatic carbocycles. The van der Waals surface area contributed by atoms with Crippen molar-refractivity contribution in [3.63, 3.8) is 0 Å². The fraction of sp³-hybridized carbons (Fsp3) is 0.500. The second-order valence-electron chi connectivity index (χ2n) is 3.76. The predicted molar refractivity (Wildman–Crippen MR) is 59.0 cm³/mol. The largest absolute Gasteiger partial charge is 0.497 e. The van der Waals surface area contributed by atoms with Crippen molar-refractivity contribution < 1.29 is 14.6 Å². The van der Waals surface area contributed by atoms with Crippen LogP contribution in [0.15, 0.2) is 24.3 Å². The maximum absolute atomic E-state index is 10.3. The molecule has 1 N–H and O–H groups in total. The standard InChI is InChI=1S/C12H18O3/c1-9(14-3)12(2,13)10-6-5-7-11(8-10)15-4/h5-9,13H,1-4H3. The molecule has 1 rings (SSSR count). The van der Waals surface area contributed by atoms with Crippen molar-refractivity contribution >= 4 is 0 Å². The van der Waals surface area contributed by atoms with Crippen LogP contribution < -0.4 is 4.74 Å². The fourth-order valence-corrected chi connectivity index (χ4v) is 1.40. The van der Waals surface area contributed by atoms with Gasteiger partial charge in [-0.25, -0.2) is 0 Å². The van der Waals surface area contributed by atoms with Gasteiger partial charge in [-0.15, -0.1) is 0 Å². The third-order valence-corrected chi connectivity index (χ3v) is 2.80. The second kappa shape index (κ2) is 4.64. The normalized spacial score (nSPS) is 16.9. The van der Waals surface area contributed by atoms with Gasteiger partial charge < -0.3 is 14.6 Å². The van der Waals surface area contributed by atoms with Crippen LogP contribution in [0.5, 0.6) is 5.75 Å². The van der Waals surface area contributed by atoms with Crippen molar-refractivity contribution in [2.45, 2.75) is 25.6 Å². The lowest BCUT2D eigenvalue weighted by molar-refractivity contribution is -0.0772. The maximum atomic E-state index is 10.3. The van der Waals surface area contributed by atoms with Crippen LogP contribution in [0.2, 0.25) is 0 Å². The monoisotopic (exact) mass is 210 g/mol. The van der Waals surface area contributed by atoms with Gasteiger partial charge in [0.25, 0.3) is 0 Å². The van der Waals surface area contributed by atoms with E-state index in [1.54, 1.807) is 21.1 Å². The highest BCUT2D eigenvalue weighted by molar-refractivity contribution is 5.32. The van der Waals surface area contributed by atoms with Gasteiger partial charge in [0.2, 0.25) is 0 Å². The van der Waals surface area contributed by atoms with Gasteiger partial charge in [0.15, 0.2) is 0 Å². The molecule has 0 saturated heterocycles. The number of rotatable bonds is 4. The van der Waals surface area contributed by atoms with Crippen LogP contribution in [0.3, 0.4) is 0 Å². The van der Waals surface area contributed by atoms with E-state index in [2.05, 4.69) is 0 Å². The number of ether oxygens (including phenoxy) is 2. The van der Waals surface area contributed by atoms with Gasteiger partial charge in [0, 0.05) is 7.11 Å². The SMILES string of the molecule is COc1cccc(C(C)(O)C(C)OC)c1. The smallest absolute Gasteiger partial charge is 0.119 e. The molecular weight excluding hydrogens is 192 g/mol. The Balaban J connectivity index is 3.03. The van der Waals surface area contributed by atoms with E-state index >= 15 is 0 Å². The Kier molecular flexibility index (Phi) is 3.72. The van der Waals surface area contributed by atoms with Gasteiger partial charge in [-0.05, 0) is 31.5 Å². The topological polar surface area (TPSA) is 38.7 Å². The average Bonchev–Trinajstić information content (AvgIpc) is 2.27. The minimum Gasteiger partial charge on any atom is -0.497 e. The van der Waals surface area contributed by atoms with Crippen molar-refractivity contribution in [2.24, 2.45) is 0 Å². The summed E-state index contributed by atoms with van der Waals surface area (Å²) in [5.41, 5.74) is -0.222. The van der Waals surface area contributed by atoms with Crippen molar-refractivity contribution in [3.8, 4) is 5.75 Å². The Hall–Kier alpha value is -1.06. The molecule has 3 heteroatoms. The lowest BCUT2D eigenvalue weighted by atomic mass is 9.91. The first-order valence-corrected chi connectivity index (χ1v) is 4.92. The lowest BCUT2D eigenvalue weighted by Gasteiger charge is -2.29. The molecule has 0 saturated carbocycles. The van der Waals surface area contributed by atoms with Crippen molar-refractivity contribution in [1.29, 1.82) is 0 Å². The molecule has 2 atom stereocenters. The van der Waals surface area contributed by atoms with Crippen LogP contribution in [0.25, 0.3) is 0 Å². The van der Waals surface area contributed by atoms with E-state index in [1.165, 1.54) is 0 Å². The van der Waals surface area contributed by atoms with Crippen LogP contribution in [-0.2, 0) is 10.3 Å². The van der Waals surface area contributed by atoms with Gasteiger partial charge in [-0.3, -0.25) is 0 Å². The van der Waals surface area contributed by atoms with E-state index in [0.717, 1.165) is 11.3 Å².